The van der Waals surface area contributed by atoms with Crippen LogP contribution < -0.4 is 9.80 Å². The normalized spacial score (nSPS) is 12.9. The number of benzene rings is 12. The molecule has 0 bridgehead atoms. The fraction of sp³-hybridized carbons (Fsp3) is 0.0400. The van der Waals surface area contributed by atoms with Gasteiger partial charge in [-0.25, -0.2) is 0 Å². The van der Waals surface area contributed by atoms with E-state index in [1.807, 2.05) is 22.7 Å². The lowest BCUT2D eigenvalue weighted by molar-refractivity contribution is 0.660. The van der Waals surface area contributed by atoms with E-state index in [1.54, 1.807) is 0 Å². The number of para-hydroxylation sites is 3. The summed E-state index contributed by atoms with van der Waals surface area (Å²) in [5, 5.41) is 9.66. The zero-order valence-corrected chi connectivity index (χ0v) is 46.0. The summed E-state index contributed by atoms with van der Waals surface area (Å²) >= 11 is 3.71. The molecule has 1 aliphatic carbocycles. The van der Waals surface area contributed by atoms with Gasteiger partial charge in [-0.1, -0.05) is 141 Å². The molecule has 17 rings (SSSR count). The molecule has 0 saturated heterocycles. The molecule has 4 aromatic heterocycles. The zero-order chi connectivity index (χ0) is 53.5. The molecule has 81 heavy (non-hydrogen) atoms. The lowest BCUT2D eigenvalue weighted by Crippen LogP contribution is -2.15. The van der Waals surface area contributed by atoms with Crippen LogP contribution in [-0.2, 0) is 5.41 Å². The van der Waals surface area contributed by atoms with Crippen molar-refractivity contribution >= 4 is 141 Å². The van der Waals surface area contributed by atoms with Gasteiger partial charge in [0.15, 0.2) is 0 Å². The van der Waals surface area contributed by atoms with Gasteiger partial charge in [0.05, 0.1) is 22.1 Å². The van der Waals surface area contributed by atoms with Crippen molar-refractivity contribution in [2.45, 2.75) is 19.3 Å². The van der Waals surface area contributed by atoms with Crippen LogP contribution in [0.4, 0.5) is 34.1 Å². The van der Waals surface area contributed by atoms with Gasteiger partial charge in [-0.15, -0.1) is 22.7 Å². The van der Waals surface area contributed by atoms with Crippen molar-refractivity contribution in [3.05, 3.63) is 272 Å². The molecule has 4 heterocycles. The van der Waals surface area contributed by atoms with E-state index in [9.17, 15) is 0 Å². The molecule has 4 nitrogen and oxygen atoms in total. The predicted octanol–water partition coefficient (Wildman–Crippen LogP) is 22.3. The summed E-state index contributed by atoms with van der Waals surface area (Å²) in [6.45, 7) is 4.70. The first-order valence-electron chi connectivity index (χ1n) is 27.7. The fourth-order valence-corrected chi connectivity index (χ4v) is 15.6. The van der Waals surface area contributed by atoms with Crippen LogP contribution >= 0.6 is 22.7 Å². The Morgan fingerprint density at radius 1 is 0.346 bits per heavy atom. The molecular weight excluding hydrogens is 1020 g/mol. The van der Waals surface area contributed by atoms with Crippen LogP contribution in [0.5, 0.6) is 0 Å². The second kappa shape index (κ2) is 17.6. The van der Waals surface area contributed by atoms with E-state index in [-0.39, 0.29) is 5.41 Å². The average Bonchev–Trinajstić information content (AvgIpc) is 4.53. The molecule has 0 radical (unpaired) electrons. The standard InChI is InChI=1S/C75H49N3OS2/c1-75(2)63-23-12-9-20-54(63)58-42-52(30-35-64(58)75)77(53-31-36-66-59(43-53)55-21-10-13-24-65(55)78(66)49-18-7-4-8-19-49)67-25-15-26-69-74(67)62-40-46(29-37-68(62)79-69)47-28-34-57-61-45-51(33-39-72(61)81-73(57)41-47)76(48-16-5-3-6-17-48)50-32-38-71-60(44-50)56-22-11-14-27-70(56)80-71/h3-45H,1-2H3. The Morgan fingerprint density at radius 3 is 1.77 bits per heavy atom. The molecule has 0 fully saturated rings. The number of nitrogens with zero attached hydrogens (tertiary/aromatic N) is 3. The summed E-state index contributed by atoms with van der Waals surface area (Å²) in [5.74, 6) is 0. The summed E-state index contributed by atoms with van der Waals surface area (Å²) in [6.07, 6.45) is 0. The van der Waals surface area contributed by atoms with Crippen molar-refractivity contribution < 1.29 is 4.42 Å². The minimum atomic E-state index is -0.119. The van der Waals surface area contributed by atoms with Crippen molar-refractivity contribution in [2.75, 3.05) is 9.80 Å². The fourth-order valence-electron chi connectivity index (χ4n) is 13.4. The van der Waals surface area contributed by atoms with Crippen molar-refractivity contribution in [2.24, 2.45) is 0 Å². The number of fused-ring (bicyclic) bond motifs is 15. The van der Waals surface area contributed by atoms with Crippen LogP contribution in [-0.4, -0.2) is 4.57 Å². The van der Waals surface area contributed by atoms with Crippen LogP contribution in [0.3, 0.4) is 0 Å². The minimum absolute atomic E-state index is 0.119. The predicted molar refractivity (Wildman–Crippen MR) is 346 cm³/mol. The van der Waals surface area contributed by atoms with Crippen LogP contribution in [0, 0.1) is 0 Å². The van der Waals surface area contributed by atoms with Gasteiger partial charge in [0, 0.05) is 96.0 Å². The van der Waals surface area contributed by atoms with E-state index in [2.05, 4.69) is 289 Å². The molecule has 0 amide bonds. The summed E-state index contributed by atoms with van der Waals surface area (Å²) in [5.41, 5.74) is 19.3. The molecule has 0 N–H and O–H groups in total. The monoisotopic (exact) mass is 1070 g/mol. The maximum Gasteiger partial charge on any atom is 0.137 e. The number of aromatic nitrogens is 1. The van der Waals surface area contributed by atoms with Gasteiger partial charge in [0.2, 0.25) is 0 Å². The van der Waals surface area contributed by atoms with Gasteiger partial charge in [-0.3, -0.25) is 0 Å². The number of anilines is 6. The lowest BCUT2D eigenvalue weighted by Gasteiger charge is -2.28. The number of hydrogen-bond donors (Lipinski definition) is 0. The molecular formula is C75H49N3OS2. The average molecular weight is 1070 g/mol. The third-order valence-corrected chi connectivity index (χ3v) is 19.4. The van der Waals surface area contributed by atoms with Crippen molar-refractivity contribution in [1.82, 2.24) is 4.57 Å². The molecule has 0 unspecified atom stereocenters. The number of thiophene rings is 2. The van der Waals surface area contributed by atoms with E-state index in [0.29, 0.717) is 0 Å². The van der Waals surface area contributed by atoms with Crippen LogP contribution in [0.15, 0.2) is 265 Å². The van der Waals surface area contributed by atoms with Gasteiger partial charge in [0.1, 0.15) is 11.2 Å². The largest absolute Gasteiger partial charge is 0.456 e. The van der Waals surface area contributed by atoms with Gasteiger partial charge < -0.3 is 18.8 Å². The Hall–Kier alpha value is -9.72. The highest BCUT2D eigenvalue weighted by atomic mass is 32.1. The quantitative estimate of drug-likeness (QED) is 0.152. The molecule has 16 aromatic rings. The van der Waals surface area contributed by atoms with Gasteiger partial charge in [-0.05, 0) is 167 Å². The van der Waals surface area contributed by atoms with Gasteiger partial charge >= 0.3 is 0 Å². The molecule has 0 aliphatic heterocycles. The molecule has 0 saturated carbocycles. The Bertz CT molecular complexity index is 5240. The second-order valence-corrected chi connectivity index (χ2v) is 24.2. The Kier molecular flexibility index (Phi) is 10.1. The Morgan fingerprint density at radius 2 is 0.938 bits per heavy atom. The first-order chi connectivity index (χ1) is 39.9. The molecule has 382 valence electrons. The van der Waals surface area contributed by atoms with Crippen molar-refractivity contribution in [3.63, 3.8) is 0 Å². The van der Waals surface area contributed by atoms with E-state index in [0.717, 1.165) is 67.3 Å². The summed E-state index contributed by atoms with van der Waals surface area (Å²) in [7, 11) is 0. The van der Waals surface area contributed by atoms with Crippen LogP contribution in [0.25, 0.3) is 112 Å². The first-order valence-corrected chi connectivity index (χ1v) is 29.3. The lowest BCUT2D eigenvalue weighted by atomic mass is 9.82. The van der Waals surface area contributed by atoms with Crippen molar-refractivity contribution in [3.8, 4) is 27.9 Å². The summed E-state index contributed by atoms with van der Waals surface area (Å²) in [4.78, 5) is 4.86. The zero-order valence-electron chi connectivity index (χ0n) is 44.4. The first kappa shape index (κ1) is 46.2. The third kappa shape index (κ3) is 7.07. The van der Waals surface area contributed by atoms with E-state index >= 15 is 0 Å². The highest BCUT2D eigenvalue weighted by molar-refractivity contribution is 7.26. The number of rotatable bonds is 8. The molecule has 1 aliphatic rings. The van der Waals surface area contributed by atoms with E-state index in [4.69, 9.17) is 4.42 Å². The third-order valence-electron chi connectivity index (χ3n) is 17.1. The van der Waals surface area contributed by atoms with Gasteiger partial charge in [0.25, 0.3) is 0 Å². The summed E-state index contributed by atoms with van der Waals surface area (Å²) < 4.78 is 14.4. The maximum absolute atomic E-state index is 6.84. The number of hydrogen-bond acceptors (Lipinski definition) is 5. The van der Waals surface area contributed by atoms with Crippen molar-refractivity contribution in [1.29, 1.82) is 0 Å². The highest BCUT2D eigenvalue weighted by Crippen LogP contribution is 2.53. The highest BCUT2D eigenvalue weighted by Gasteiger charge is 2.36. The second-order valence-electron chi connectivity index (χ2n) is 22.0. The molecule has 0 atom stereocenters. The van der Waals surface area contributed by atoms with Crippen LogP contribution in [0.2, 0.25) is 0 Å². The summed E-state index contributed by atoms with van der Waals surface area (Å²) in [6, 6.07) is 96.2. The minimum Gasteiger partial charge on any atom is -0.456 e. The molecule has 12 aromatic carbocycles. The van der Waals surface area contributed by atoms with Gasteiger partial charge in [-0.2, -0.15) is 0 Å². The maximum atomic E-state index is 6.84. The van der Waals surface area contributed by atoms with E-state index in [1.165, 1.54) is 90.0 Å². The Balaban J connectivity index is 0.808. The molecule has 6 heteroatoms. The topological polar surface area (TPSA) is 24.6 Å². The van der Waals surface area contributed by atoms with E-state index < -0.39 is 0 Å². The SMILES string of the molecule is CC1(C)c2ccccc2-c2cc(N(c3ccc4c(c3)c3ccccc3n4-c3ccccc3)c3cccc4oc5ccc(-c6ccc7c(c6)sc6ccc(N(c8ccccc8)c8ccc9sc%10ccccc%10c9c8)cc67)cc5c34)ccc21. The van der Waals surface area contributed by atoms with Crippen LogP contribution in [0.1, 0.15) is 25.0 Å². The molecule has 0 spiro atoms. The Labute approximate surface area is 475 Å². The smallest absolute Gasteiger partial charge is 0.137 e. The number of furan rings is 1.